The highest BCUT2D eigenvalue weighted by Gasteiger charge is 2.35. The summed E-state index contributed by atoms with van der Waals surface area (Å²) in [5.74, 6) is -1.84. The van der Waals surface area contributed by atoms with E-state index in [0.29, 0.717) is 23.3 Å². The Hall–Kier alpha value is -2.81. The number of fused-ring (bicyclic) bond motifs is 1. The number of morpholine rings is 1. The molecule has 0 bridgehead atoms. The van der Waals surface area contributed by atoms with E-state index in [1.165, 1.54) is 17.2 Å². The number of amides is 3. The van der Waals surface area contributed by atoms with Gasteiger partial charge in [-0.2, -0.15) is 0 Å². The van der Waals surface area contributed by atoms with Gasteiger partial charge in [0.2, 0.25) is 11.8 Å². The van der Waals surface area contributed by atoms with Crippen LogP contribution in [0.25, 0.3) is 11.0 Å². The summed E-state index contributed by atoms with van der Waals surface area (Å²) in [4.78, 5) is 44.6. The molecule has 3 aliphatic rings. The Balaban J connectivity index is 0.000000245. The van der Waals surface area contributed by atoms with Gasteiger partial charge < -0.3 is 14.5 Å². The molecular weight excluding hydrogens is 541 g/mol. The molecule has 0 unspecified atom stereocenters. The summed E-state index contributed by atoms with van der Waals surface area (Å²) in [6.45, 7) is 6.45. The Kier molecular flexibility index (Phi) is 10.0. The van der Waals surface area contributed by atoms with E-state index in [-0.39, 0.29) is 48.4 Å². The van der Waals surface area contributed by atoms with Crippen molar-refractivity contribution in [3.8, 4) is 0 Å². The summed E-state index contributed by atoms with van der Waals surface area (Å²) in [6, 6.07) is 4.49. The number of carbonyl (C=O) groups is 4. The normalized spacial score (nSPS) is 23.9. The number of hydrogen-bond donors (Lipinski definition) is 2. The highest BCUT2D eigenvalue weighted by Crippen LogP contribution is 2.37. The van der Waals surface area contributed by atoms with Crippen LogP contribution in [0.4, 0.5) is 14.9 Å². The molecule has 0 radical (unpaired) electrons. The number of ketones is 1. The molecule has 210 valence electrons. The van der Waals surface area contributed by atoms with Crippen LogP contribution < -0.4 is 15.5 Å². The zero-order valence-corrected chi connectivity index (χ0v) is 22.8. The molecule has 3 amide bonds. The molecule has 0 saturated carbocycles. The standard InChI is InChI=1S/C13H12FNO4S2.C6H13NO.C5H5NO3.H2/c1-21(17,18)7-8-5-15(13(16)20-8)11-6-19-12-9(11)3-2-4-10(12)14;1-5-3-7-4-6(2)8-5;7-3-1-4(8)6-5(9)2-3;/h2-4,6,8H,5,7H2,1H3;5-7H,3-4H2,1-2H3;1-2H2,(H,6,8,9);1H/t8-;5-,6+;;/m1.../s1. The zero-order chi connectivity index (χ0) is 28.0. The minimum atomic E-state index is -3.16. The lowest BCUT2D eigenvalue weighted by Gasteiger charge is -2.25. The number of hydrogen-bond acceptors (Lipinski definition) is 10. The van der Waals surface area contributed by atoms with Crippen LogP contribution in [0.1, 0.15) is 28.1 Å². The number of para-hydroxylation sites is 1. The van der Waals surface area contributed by atoms with Crippen LogP contribution >= 0.6 is 11.8 Å². The second-order valence-electron chi connectivity index (χ2n) is 9.23. The predicted octanol–water partition coefficient (Wildman–Crippen LogP) is 2.28. The Bertz CT molecular complexity index is 1270. The minimum absolute atomic E-state index is 0. The number of nitrogens with one attached hydrogen (secondary N) is 2. The number of anilines is 1. The maximum absolute atomic E-state index is 13.6. The molecule has 1 aromatic carbocycles. The number of carbonyl (C=O) groups excluding carboxylic acids is 4. The molecule has 1 aromatic heterocycles. The summed E-state index contributed by atoms with van der Waals surface area (Å²) >= 11 is 0.984. The van der Waals surface area contributed by atoms with E-state index in [4.69, 9.17) is 9.15 Å². The number of rotatable bonds is 3. The molecule has 38 heavy (non-hydrogen) atoms. The van der Waals surface area contributed by atoms with E-state index in [0.717, 1.165) is 31.1 Å². The SMILES string of the molecule is CS(=O)(=O)C[C@H]1CN(c2coc3c(F)cccc23)C(=O)S1.C[C@@H]1CNC[C@H](C)O1.O=C1CC(=O)NC(=O)C1.[HH]. The van der Waals surface area contributed by atoms with Gasteiger partial charge in [-0.1, -0.05) is 17.8 Å². The number of thioether (sulfide) groups is 1. The molecule has 3 saturated heterocycles. The first-order chi connectivity index (χ1) is 17.8. The molecule has 3 aliphatic heterocycles. The van der Waals surface area contributed by atoms with Crippen molar-refractivity contribution in [3.63, 3.8) is 0 Å². The van der Waals surface area contributed by atoms with E-state index < -0.39 is 27.5 Å². The van der Waals surface area contributed by atoms with Gasteiger partial charge in [-0.25, -0.2) is 12.8 Å². The summed E-state index contributed by atoms with van der Waals surface area (Å²) in [5, 5.41) is 5.19. The summed E-state index contributed by atoms with van der Waals surface area (Å²) in [5.41, 5.74) is 0.565. The zero-order valence-electron chi connectivity index (χ0n) is 21.2. The second kappa shape index (κ2) is 12.8. The number of piperidine rings is 1. The van der Waals surface area contributed by atoms with Crippen molar-refractivity contribution >= 4 is 61.1 Å². The van der Waals surface area contributed by atoms with Gasteiger partial charge in [-0.3, -0.25) is 29.4 Å². The average molecular weight is 574 g/mol. The van der Waals surface area contributed by atoms with Crippen LogP contribution in [0.15, 0.2) is 28.9 Å². The lowest BCUT2D eigenvalue weighted by molar-refractivity contribution is -0.138. The van der Waals surface area contributed by atoms with E-state index >= 15 is 0 Å². The third-order valence-corrected chi connectivity index (χ3v) is 7.80. The molecule has 4 heterocycles. The van der Waals surface area contributed by atoms with Gasteiger partial charge >= 0.3 is 0 Å². The number of furan rings is 1. The first-order valence-corrected chi connectivity index (χ1v) is 14.8. The van der Waals surface area contributed by atoms with E-state index in [1.807, 2.05) is 5.32 Å². The largest absolute Gasteiger partial charge is 0.459 e. The number of nitrogens with zero attached hydrogens (tertiary/aromatic N) is 1. The number of sulfone groups is 1. The quantitative estimate of drug-likeness (QED) is 0.413. The van der Waals surface area contributed by atoms with Gasteiger partial charge in [0.15, 0.2) is 17.2 Å². The molecule has 5 rings (SSSR count). The fourth-order valence-electron chi connectivity index (χ4n) is 4.01. The fourth-order valence-corrected chi connectivity index (χ4v) is 6.61. The van der Waals surface area contributed by atoms with E-state index in [9.17, 15) is 32.0 Å². The fraction of sp³-hybridized carbons (Fsp3) is 0.500. The van der Waals surface area contributed by atoms with Crippen LogP contribution in [0.5, 0.6) is 0 Å². The molecule has 0 spiro atoms. The van der Waals surface area contributed by atoms with Crippen molar-refractivity contribution in [1.82, 2.24) is 10.6 Å². The summed E-state index contributed by atoms with van der Waals surface area (Å²) in [6.07, 6.45) is 2.98. The smallest absolute Gasteiger partial charge is 0.286 e. The number of imide groups is 1. The number of halogens is 1. The van der Waals surface area contributed by atoms with Crippen LogP contribution in [0.2, 0.25) is 0 Å². The van der Waals surface area contributed by atoms with Crippen molar-refractivity contribution < 1.29 is 42.6 Å². The maximum Gasteiger partial charge on any atom is 0.286 e. The highest BCUT2D eigenvalue weighted by molar-refractivity contribution is 8.15. The van der Waals surface area contributed by atoms with Crippen LogP contribution in [-0.2, 0) is 29.0 Å². The Morgan fingerprint density at radius 3 is 2.26 bits per heavy atom. The molecule has 3 atom stereocenters. The lowest BCUT2D eigenvalue weighted by atomic mass is 10.1. The molecule has 0 aliphatic carbocycles. The van der Waals surface area contributed by atoms with Crippen molar-refractivity contribution in [2.24, 2.45) is 0 Å². The topological polar surface area (TPSA) is 152 Å². The second-order valence-corrected chi connectivity index (χ2v) is 12.7. The molecule has 2 aromatic rings. The van der Waals surface area contributed by atoms with Crippen molar-refractivity contribution in [2.75, 3.05) is 36.5 Å². The third kappa shape index (κ3) is 8.61. The molecule has 3 fully saturated rings. The molecule has 14 heteroatoms. The first-order valence-electron chi connectivity index (χ1n) is 11.8. The van der Waals surface area contributed by atoms with Crippen LogP contribution in [0, 0.1) is 5.82 Å². The Morgan fingerprint density at radius 2 is 1.74 bits per heavy atom. The molecule has 11 nitrogen and oxygen atoms in total. The number of benzene rings is 1. The van der Waals surface area contributed by atoms with Gasteiger partial charge in [-0.05, 0) is 26.0 Å². The number of Topliss-reactive ketones (excluding diaryl/α,β-unsaturated/α-hetero) is 1. The van der Waals surface area contributed by atoms with Crippen molar-refractivity contribution in [3.05, 3.63) is 30.3 Å². The van der Waals surface area contributed by atoms with Gasteiger partial charge in [0.05, 0.1) is 36.5 Å². The van der Waals surface area contributed by atoms with Crippen LogP contribution in [0.3, 0.4) is 0 Å². The maximum atomic E-state index is 13.6. The summed E-state index contributed by atoms with van der Waals surface area (Å²) in [7, 11) is -3.16. The number of ether oxygens (including phenoxy) is 1. The molecular formula is C24H32FN3O8S2. The lowest BCUT2D eigenvalue weighted by Crippen LogP contribution is -2.41. The van der Waals surface area contributed by atoms with Crippen LogP contribution in [-0.4, -0.2) is 80.4 Å². The van der Waals surface area contributed by atoms with E-state index in [1.54, 1.807) is 12.1 Å². The first kappa shape index (κ1) is 29.7. The Labute approximate surface area is 225 Å². The van der Waals surface area contributed by atoms with Gasteiger partial charge in [0.1, 0.15) is 16.1 Å². The molecule has 2 N–H and O–H groups in total. The summed E-state index contributed by atoms with van der Waals surface area (Å²) < 4.78 is 46.9. The highest BCUT2D eigenvalue weighted by atomic mass is 32.2. The van der Waals surface area contributed by atoms with Crippen molar-refractivity contribution in [2.45, 2.75) is 44.1 Å². The minimum Gasteiger partial charge on any atom is -0.459 e. The van der Waals surface area contributed by atoms with Gasteiger partial charge in [0, 0.05) is 38.0 Å². The van der Waals surface area contributed by atoms with Gasteiger partial charge in [-0.15, -0.1) is 0 Å². The van der Waals surface area contributed by atoms with E-state index in [2.05, 4.69) is 19.2 Å². The average Bonchev–Trinajstić information content (AvgIpc) is 3.36. The Morgan fingerprint density at radius 1 is 1.11 bits per heavy atom. The third-order valence-electron chi connectivity index (χ3n) is 5.51. The van der Waals surface area contributed by atoms with Gasteiger partial charge in [0.25, 0.3) is 5.24 Å². The predicted molar refractivity (Wildman–Crippen MR) is 142 cm³/mol. The monoisotopic (exact) mass is 573 g/mol. The van der Waals surface area contributed by atoms with Crippen molar-refractivity contribution in [1.29, 1.82) is 0 Å².